The molecule has 0 spiro atoms. The van der Waals surface area contributed by atoms with Crippen LogP contribution in [0.25, 0.3) is 0 Å². The number of guanidine groups is 1. The summed E-state index contributed by atoms with van der Waals surface area (Å²) in [5.74, 6) is 2.26. The van der Waals surface area contributed by atoms with Gasteiger partial charge < -0.3 is 15.4 Å². The average Bonchev–Trinajstić information content (AvgIpc) is 3.07. The van der Waals surface area contributed by atoms with Crippen molar-refractivity contribution in [3.8, 4) is 5.75 Å². The van der Waals surface area contributed by atoms with E-state index in [4.69, 9.17) is 4.74 Å². The monoisotopic (exact) mass is 385 g/mol. The third-order valence-corrected chi connectivity index (χ3v) is 4.58. The minimum Gasteiger partial charge on any atom is -0.493 e. The van der Waals surface area contributed by atoms with Crippen molar-refractivity contribution in [2.75, 3.05) is 19.7 Å². The first-order valence-electron chi connectivity index (χ1n) is 10.0. The predicted molar refractivity (Wildman–Crippen MR) is 116 cm³/mol. The Bertz CT molecular complexity index is 747. The van der Waals surface area contributed by atoms with Crippen molar-refractivity contribution in [3.63, 3.8) is 0 Å². The van der Waals surface area contributed by atoms with Crippen molar-refractivity contribution >= 4 is 5.96 Å². The standard InChI is InChI=1S/C22H35N5O/c1-7-23-21(24-14-19-12-13-26-27(19)6)25-16-22(4,5)18-8-10-20(11-9-18)28-15-17(2)3/h8-13,17H,7,14-16H2,1-6H3,(H2,23,24,25). The van der Waals surface area contributed by atoms with Crippen molar-refractivity contribution in [2.24, 2.45) is 18.0 Å². The Balaban J connectivity index is 1.97. The summed E-state index contributed by atoms with van der Waals surface area (Å²) in [6, 6.07) is 10.4. The van der Waals surface area contributed by atoms with E-state index in [1.165, 1.54) is 5.56 Å². The van der Waals surface area contributed by atoms with E-state index in [1.54, 1.807) is 6.20 Å². The van der Waals surface area contributed by atoms with E-state index in [0.29, 0.717) is 12.5 Å². The summed E-state index contributed by atoms with van der Waals surface area (Å²) in [5, 5.41) is 11.0. The van der Waals surface area contributed by atoms with Gasteiger partial charge in [0.15, 0.2) is 5.96 Å². The van der Waals surface area contributed by atoms with Crippen LogP contribution in [0.5, 0.6) is 5.75 Å². The van der Waals surface area contributed by atoms with Crippen LogP contribution >= 0.6 is 0 Å². The van der Waals surface area contributed by atoms with Gasteiger partial charge in [-0.25, -0.2) is 4.99 Å². The SMILES string of the molecule is CCNC(=NCc1ccnn1C)NCC(C)(C)c1ccc(OCC(C)C)cc1. The molecule has 1 aromatic carbocycles. The van der Waals surface area contributed by atoms with Crippen LogP contribution in [0.4, 0.5) is 0 Å². The number of aliphatic imine (C=N–C) groups is 1. The van der Waals surface area contributed by atoms with Crippen LogP contribution in [-0.2, 0) is 19.0 Å². The molecule has 0 saturated heterocycles. The number of nitrogens with one attached hydrogen (secondary N) is 2. The van der Waals surface area contributed by atoms with Crippen molar-refractivity contribution in [2.45, 2.75) is 46.6 Å². The Morgan fingerprint density at radius 2 is 1.89 bits per heavy atom. The van der Waals surface area contributed by atoms with Crippen LogP contribution in [0.1, 0.15) is 45.9 Å². The molecule has 2 aromatic rings. The summed E-state index contributed by atoms with van der Waals surface area (Å²) in [5.41, 5.74) is 2.30. The lowest BCUT2D eigenvalue weighted by atomic mass is 9.84. The highest BCUT2D eigenvalue weighted by Crippen LogP contribution is 2.24. The molecule has 0 amide bonds. The summed E-state index contributed by atoms with van der Waals surface area (Å²) < 4.78 is 7.64. The number of hydrogen-bond donors (Lipinski definition) is 2. The minimum absolute atomic E-state index is 0.0424. The second-order valence-corrected chi connectivity index (χ2v) is 8.11. The van der Waals surface area contributed by atoms with E-state index < -0.39 is 0 Å². The van der Waals surface area contributed by atoms with Gasteiger partial charge in [0.2, 0.25) is 0 Å². The third kappa shape index (κ3) is 6.59. The first-order chi connectivity index (χ1) is 13.3. The van der Waals surface area contributed by atoms with Crippen molar-refractivity contribution < 1.29 is 4.74 Å². The molecule has 0 radical (unpaired) electrons. The van der Waals surface area contributed by atoms with Crippen LogP contribution in [-0.4, -0.2) is 35.4 Å². The molecule has 6 heteroatoms. The molecule has 0 fully saturated rings. The van der Waals surface area contributed by atoms with E-state index in [-0.39, 0.29) is 5.41 Å². The number of ether oxygens (including phenoxy) is 1. The Morgan fingerprint density at radius 1 is 1.18 bits per heavy atom. The van der Waals surface area contributed by atoms with Crippen LogP contribution in [0, 0.1) is 5.92 Å². The molecule has 2 rings (SSSR count). The van der Waals surface area contributed by atoms with E-state index >= 15 is 0 Å². The molecule has 0 saturated carbocycles. The van der Waals surface area contributed by atoms with Gasteiger partial charge in [-0.3, -0.25) is 4.68 Å². The highest BCUT2D eigenvalue weighted by Gasteiger charge is 2.21. The molecule has 0 unspecified atom stereocenters. The molecule has 6 nitrogen and oxygen atoms in total. The fourth-order valence-corrected chi connectivity index (χ4v) is 2.73. The second kappa shape index (κ2) is 10.2. The number of rotatable bonds is 9. The van der Waals surface area contributed by atoms with Gasteiger partial charge in [-0.1, -0.05) is 39.8 Å². The van der Waals surface area contributed by atoms with Gasteiger partial charge in [-0.2, -0.15) is 5.10 Å². The van der Waals surface area contributed by atoms with Crippen molar-refractivity contribution in [1.82, 2.24) is 20.4 Å². The number of nitrogens with zero attached hydrogens (tertiary/aromatic N) is 3. The molecule has 0 aliphatic heterocycles. The largest absolute Gasteiger partial charge is 0.493 e. The van der Waals surface area contributed by atoms with Gasteiger partial charge in [-0.15, -0.1) is 0 Å². The van der Waals surface area contributed by atoms with E-state index in [9.17, 15) is 0 Å². The first kappa shape index (κ1) is 21.8. The van der Waals surface area contributed by atoms with Crippen LogP contribution in [0.3, 0.4) is 0 Å². The Kier molecular flexibility index (Phi) is 7.91. The summed E-state index contributed by atoms with van der Waals surface area (Å²) in [6.07, 6.45) is 1.79. The summed E-state index contributed by atoms with van der Waals surface area (Å²) in [7, 11) is 1.93. The molecule has 28 heavy (non-hydrogen) atoms. The van der Waals surface area contributed by atoms with Crippen molar-refractivity contribution in [3.05, 3.63) is 47.8 Å². The molecular weight excluding hydrogens is 350 g/mol. The molecular formula is C22H35N5O. The molecule has 0 atom stereocenters. The fourth-order valence-electron chi connectivity index (χ4n) is 2.73. The van der Waals surface area contributed by atoms with Crippen molar-refractivity contribution in [1.29, 1.82) is 0 Å². The number of aromatic nitrogens is 2. The van der Waals surface area contributed by atoms with E-state index in [1.807, 2.05) is 17.8 Å². The smallest absolute Gasteiger partial charge is 0.191 e. The lowest BCUT2D eigenvalue weighted by Crippen LogP contribution is -2.43. The lowest BCUT2D eigenvalue weighted by molar-refractivity contribution is 0.271. The molecule has 0 aliphatic carbocycles. The zero-order valence-corrected chi connectivity index (χ0v) is 18.1. The average molecular weight is 386 g/mol. The molecule has 1 heterocycles. The molecule has 1 aromatic heterocycles. The van der Waals surface area contributed by atoms with E-state index in [2.05, 4.69) is 79.6 Å². The highest BCUT2D eigenvalue weighted by molar-refractivity contribution is 5.79. The quantitative estimate of drug-likeness (QED) is 0.512. The maximum Gasteiger partial charge on any atom is 0.191 e. The summed E-state index contributed by atoms with van der Waals surface area (Å²) in [6.45, 7) is 13.8. The zero-order chi connectivity index (χ0) is 20.6. The maximum atomic E-state index is 5.79. The third-order valence-electron chi connectivity index (χ3n) is 4.58. The Labute approximate surface area is 169 Å². The number of benzene rings is 1. The Hall–Kier alpha value is -2.50. The summed E-state index contributed by atoms with van der Waals surface area (Å²) in [4.78, 5) is 4.68. The predicted octanol–water partition coefficient (Wildman–Crippen LogP) is 3.49. The molecule has 0 aliphatic rings. The van der Waals surface area contributed by atoms with Gasteiger partial charge in [0.25, 0.3) is 0 Å². The number of aryl methyl sites for hydroxylation is 1. The van der Waals surface area contributed by atoms with Crippen LogP contribution < -0.4 is 15.4 Å². The molecule has 154 valence electrons. The summed E-state index contributed by atoms with van der Waals surface area (Å²) >= 11 is 0. The van der Waals surface area contributed by atoms with Gasteiger partial charge >= 0.3 is 0 Å². The zero-order valence-electron chi connectivity index (χ0n) is 18.1. The molecule has 0 bridgehead atoms. The number of hydrogen-bond acceptors (Lipinski definition) is 3. The molecule has 2 N–H and O–H groups in total. The van der Waals surface area contributed by atoms with E-state index in [0.717, 1.165) is 37.1 Å². The first-order valence-corrected chi connectivity index (χ1v) is 10.0. The van der Waals surface area contributed by atoms with Crippen LogP contribution in [0.2, 0.25) is 0 Å². The fraction of sp³-hybridized carbons (Fsp3) is 0.545. The maximum absolute atomic E-state index is 5.79. The Morgan fingerprint density at radius 3 is 2.46 bits per heavy atom. The highest BCUT2D eigenvalue weighted by atomic mass is 16.5. The minimum atomic E-state index is -0.0424. The topological polar surface area (TPSA) is 63.5 Å². The van der Waals surface area contributed by atoms with Gasteiger partial charge in [-0.05, 0) is 36.6 Å². The normalized spacial score (nSPS) is 12.3. The van der Waals surface area contributed by atoms with Gasteiger partial charge in [0, 0.05) is 31.7 Å². The van der Waals surface area contributed by atoms with Gasteiger partial charge in [0.05, 0.1) is 18.8 Å². The second-order valence-electron chi connectivity index (χ2n) is 8.11. The lowest BCUT2D eigenvalue weighted by Gasteiger charge is -2.27. The van der Waals surface area contributed by atoms with Gasteiger partial charge in [0.1, 0.15) is 5.75 Å². The van der Waals surface area contributed by atoms with Crippen LogP contribution in [0.15, 0.2) is 41.5 Å².